The molecule has 9 nitrogen and oxygen atoms in total. The van der Waals surface area contributed by atoms with Crippen LogP contribution in [0.25, 0.3) is 10.9 Å². The van der Waals surface area contributed by atoms with Gasteiger partial charge in [0.2, 0.25) is 5.82 Å². The molecule has 35 heavy (non-hydrogen) atoms. The highest BCUT2D eigenvalue weighted by Gasteiger charge is 2.30. The van der Waals surface area contributed by atoms with Gasteiger partial charge in [-0.2, -0.15) is 0 Å². The zero-order valence-electron chi connectivity index (χ0n) is 20.8. The van der Waals surface area contributed by atoms with Crippen molar-refractivity contribution in [3.8, 4) is 0 Å². The van der Waals surface area contributed by atoms with E-state index in [2.05, 4.69) is 20.6 Å². The lowest BCUT2D eigenvalue weighted by molar-refractivity contribution is 0.00517. The third-order valence-corrected chi connectivity index (χ3v) is 7.09. The molecule has 1 aromatic carbocycles. The highest BCUT2D eigenvalue weighted by Crippen LogP contribution is 2.29. The van der Waals surface area contributed by atoms with E-state index in [1.54, 1.807) is 7.11 Å². The Kier molecular flexibility index (Phi) is 8.18. The van der Waals surface area contributed by atoms with E-state index in [-0.39, 0.29) is 30.4 Å². The van der Waals surface area contributed by atoms with Crippen LogP contribution >= 0.6 is 0 Å². The molecule has 0 saturated heterocycles. The van der Waals surface area contributed by atoms with Crippen molar-refractivity contribution in [2.75, 3.05) is 25.6 Å². The Morgan fingerprint density at radius 2 is 1.97 bits per heavy atom. The molecule has 0 aliphatic heterocycles. The maximum absolute atomic E-state index is 13.0. The molecular formula is C26H38N6O3. The quantitative estimate of drug-likeness (QED) is 0.335. The molecule has 2 aliphatic rings. The summed E-state index contributed by atoms with van der Waals surface area (Å²) in [4.78, 5) is 26.9. The molecule has 2 atom stereocenters. The summed E-state index contributed by atoms with van der Waals surface area (Å²) in [5, 5.41) is 18.1. The molecule has 1 amide bonds. The normalized spacial score (nSPS) is 22.7. The SMILES string of the molecule is COCC(N)=N[C@@H]1CCCC[C@@H]1Nc1nc(C(=O)NCC2(O)CCCCC2)nc2ccc(C)cc12. The first kappa shape index (κ1) is 25.3. The number of ether oxygens (including phenoxy) is 1. The van der Waals surface area contributed by atoms with Crippen LogP contribution in [-0.2, 0) is 4.74 Å². The largest absolute Gasteiger partial charge is 0.388 e. The van der Waals surface area contributed by atoms with Gasteiger partial charge in [0.15, 0.2) is 0 Å². The molecule has 0 unspecified atom stereocenters. The number of aromatic nitrogens is 2. The van der Waals surface area contributed by atoms with Gasteiger partial charge in [0, 0.05) is 25.1 Å². The predicted molar refractivity (Wildman–Crippen MR) is 138 cm³/mol. The van der Waals surface area contributed by atoms with Gasteiger partial charge in [0.25, 0.3) is 5.91 Å². The molecule has 2 aliphatic carbocycles. The number of aliphatic hydroxyl groups is 1. The van der Waals surface area contributed by atoms with Gasteiger partial charge in [0.1, 0.15) is 18.3 Å². The first-order valence-corrected chi connectivity index (χ1v) is 12.7. The highest BCUT2D eigenvalue weighted by atomic mass is 16.5. The summed E-state index contributed by atoms with van der Waals surface area (Å²) in [7, 11) is 1.60. The van der Waals surface area contributed by atoms with Crippen molar-refractivity contribution in [2.45, 2.75) is 82.4 Å². The highest BCUT2D eigenvalue weighted by molar-refractivity contribution is 5.96. The van der Waals surface area contributed by atoms with Gasteiger partial charge in [-0.05, 0) is 44.7 Å². The second-order valence-corrected chi connectivity index (χ2v) is 10.0. The van der Waals surface area contributed by atoms with Crippen molar-refractivity contribution < 1.29 is 14.6 Å². The zero-order chi connectivity index (χ0) is 24.8. The Morgan fingerprint density at radius 1 is 1.20 bits per heavy atom. The van der Waals surface area contributed by atoms with Crippen molar-refractivity contribution in [3.63, 3.8) is 0 Å². The summed E-state index contributed by atoms with van der Waals surface area (Å²) in [5.74, 6) is 0.822. The summed E-state index contributed by atoms with van der Waals surface area (Å²) in [5.41, 5.74) is 6.98. The average molecular weight is 483 g/mol. The van der Waals surface area contributed by atoms with Crippen LogP contribution in [0.15, 0.2) is 23.2 Å². The van der Waals surface area contributed by atoms with Crippen LogP contribution in [-0.4, -0.2) is 64.8 Å². The smallest absolute Gasteiger partial charge is 0.289 e. The predicted octanol–water partition coefficient (Wildman–Crippen LogP) is 3.09. The van der Waals surface area contributed by atoms with Gasteiger partial charge < -0.3 is 26.2 Å². The minimum absolute atomic E-state index is 0.00606. The molecule has 1 heterocycles. The van der Waals surface area contributed by atoms with E-state index in [0.717, 1.165) is 55.9 Å². The molecule has 9 heteroatoms. The van der Waals surface area contributed by atoms with Crippen LogP contribution in [0, 0.1) is 6.92 Å². The number of aryl methyl sites for hydroxylation is 1. The number of carbonyl (C=O) groups is 1. The number of hydrogen-bond acceptors (Lipinski definition) is 7. The van der Waals surface area contributed by atoms with Gasteiger partial charge in [-0.15, -0.1) is 0 Å². The number of fused-ring (bicyclic) bond motifs is 1. The first-order chi connectivity index (χ1) is 16.9. The molecule has 0 radical (unpaired) electrons. The number of amides is 1. The second kappa shape index (κ2) is 11.3. The fraction of sp³-hybridized carbons (Fsp3) is 0.615. The number of aliphatic imine (C=N–C) groups is 1. The monoisotopic (exact) mass is 482 g/mol. The Bertz CT molecular complexity index is 1070. The summed E-state index contributed by atoms with van der Waals surface area (Å²) in [6, 6.07) is 5.97. The molecule has 4 rings (SSSR count). The number of anilines is 1. The maximum atomic E-state index is 13.0. The standard InChI is InChI=1S/C26H38N6O3/c1-17-10-11-19-18(14-17)23(31-21-9-5-4-8-20(21)29-22(27)15-35-2)32-24(30-19)25(33)28-16-26(34)12-6-3-7-13-26/h10-11,14,20-21,34H,3-9,12-13,15-16H2,1-2H3,(H2,27,29)(H,28,33)(H,30,31,32)/t20-,21+/m1/s1. The topological polar surface area (TPSA) is 135 Å². The van der Waals surface area contributed by atoms with E-state index in [1.807, 2.05) is 25.1 Å². The number of benzene rings is 1. The van der Waals surface area contributed by atoms with E-state index in [9.17, 15) is 9.90 Å². The summed E-state index contributed by atoms with van der Waals surface area (Å²) in [6.07, 6.45) is 8.52. The Balaban J connectivity index is 1.59. The fourth-order valence-electron chi connectivity index (χ4n) is 5.17. The minimum atomic E-state index is -0.849. The van der Waals surface area contributed by atoms with Crippen LogP contribution in [0.2, 0.25) is 0 Å². The number of nitrogens with two attached hydrogens (primary N) is 1. The zero-order valence-corrected chi connectivity index (χ0v) is 20.8. The number of nitrogens with one attached hydrogen (secondary N) is 2. The molecule has 190 valence electrons. The molecule has 0 spiro atoms. The van der Waals surface area contributed by atoms with Crippen LogP contribution in [0.5, 0.6) is 0 Å². The third-order valence-electron chi connectivity index (χ3n) is 7.09. The van der Waals surface area contributed by atoms with Crippen molar-refractivity contribution in [1.29, 1.82) is 0 Å². The number of amidine groups is 1. The van der Waals surface area contributed by atoms with Crippen LogP contribution in [0.1, 0.15) is 74.0 Å². The second-order valence-electron chi connectivity index (χ2n) is 10.0. The lowest BCUT2D eigenvalue weighted by atomic mass is 9.85. The number of hydrogen-bond donors (Lipinski definition) is 4. The molecular weight excluding hydrogens is 444 g/mol. The van der Waals surface area contributed by atoms with Gasteiger partial charge in [-0.3, -0.25) is 9.79 Å². The van der Waals surface area contributed by atoms with Crippen molar-refractivity contribution in [3.05, 3.63) is 29.6 Å². The summed E-state index contributed by atoms with van der Waals surface area (Å²) in [6.45, 7) is 2.53. The van der Waals surface area contributed by atoms with E-state index in [4.69, 9.17) is 15.5 Å². The Labute approximate surface area is 207 Å². The van der Waals surface area contributed by atoms with Crippen molar-refractivity contribution in [2.24, 2.45) is 10.7 Å². The lowest BCUT2D eigenvalue weighted by Crippen LogP contribution is -2.44. The van der Waals surface area contributed by atoms with Crippen LogP contribution in [0.4, 0.5) is 5.82 Å². The van der Waals surface area contributed by atoms with E-state index >= 15 is 0 Å². The fourth-order valence-corrected chi connectivity index (χ4v) is 5.17. The Hall–Kier alpha value is -2.78. The minimum Gasteiger partial charge on any atom is -0.388 e. The van der Waals surface area contributed by atoms with E-state index in [1.165, 1.54) is 0 Å². The molecule has 2 fully saturated rings. The van der Waals surface area contributed by atoms with Gasteiger partial charge in [0.05, 0.1) is 17.2 Å². The Morgan fingerprint density at radius 3 is 2.74 bits per heavy atom. The van der Waals surface area contributed by atoms with Crippen LogP contribution in [0.3, 0.4) is 0 Å². The van der Waals surface area contributed by atoms with Gasteiger partial charge in [-0.25, -0.2) is 9.97 Å². The van der Waals surface area contributed by atoms with Crippen LogP contribution < -0.4 is 16.4 Å². The number of carbonyl (C=O) groups excluding carboxylic acids is 1. The van der Waals surface area contributed by atoms with Gasteiger partial charge >= 0.3 is 0 Å². The molecule has 0 bridgehead atoms. The molecule has 2 saturated carbocycles. The number of rotatable bonds is 8. The number of methoxy groups -OCH3 is 1. The number of nitrogens with zero attached hydrogens (tertiary/aromatic N) is 3. The molecule has 2 aromatic rings. The summed E-state index contributed by atoms with van der Waals surface area (Å²) >= 11 is 0. The van der Waals surface area contributed by atoms with Gasteiger partial charge in [-0.1, -0.05) is 43.7 Å². The average Bonchev–Trinajstić information content (AvgIpc) is 2.84. The summed E-state index contributed by atoms with van der Waals surface area (Å²) < 4.78 is 5.13. The third kappa shape index (κ3) is 6.46. The van der Waals surface area contributed by atoms with E-state index < -0.39 is 5.60 Å². The lowest BCUT2D eigenvalue weighted by Gasteiger charge is -2.32. The van der Waals surface area contributed by atoms with Crippen molar-refractivity contribution >= 4 is 28.5 Å². The van der Waals surface area contributed by atoms with E-state index in [0.29, 0.717) is 36.6 Å². The molecule has 1 aromatic heterocycles. The van der Waals surface area contributed by atoms with Crippen molar-refractivity contribution in [1.82, 2.24) is 15.3 Å². The molecule has 5 N–H and O–H groups in total. The first-order valence-electron chi connectivity index (χ1n) is 12.7. The maximum Gasteiger partial charge on any atom is 0.289 e.